The number of carbonyl (C=O) groups excluding carboxylic acids is 1. The number of anilines is 2. The number of benzene rings is 2. The molecule has 0 bridgehead atoms. The highest BCUT2D eigenvalue weighted by atomic mass is 32.2. The maximum atomic E-state index is 12.6. The third-order valence-corrected chi connectivity index (χ3v) is 4.92. The number of aromatic nitrogens is 2. The van der Waals surface area contributed by atoms with E-state index >= 15 is 0 Å². The Hall–Kier alpha value is -3.46. The number of rotatable bonds is 6. The molecule has 27 heavy (non-hydrogen) atoms. The Morgan fingerprint density at radius 2 is 1.81 bits per heavy atom. The van der Waals surface area contributed by atoms with E-state index < -0.39 is 15.9 Å². The fourth-order valence-electron chi connectivity index (χ4n) is 2.23. The van der Waals surface area contributed by atoms with E-state index in [9.17, 15) is 13.2 Å². The molecule has 2 aromatic carbocycles. The van der Waals surface area contributed by atoms with Crippen molar-refractivity contribution in [2.75, 3.05) is 17.1 Å². The van der Waals surface area contributed by atoms with Crippen molar-refractivity contribution in [3.05, 3.63) is 72.8 Å². The average molecular weight is 384 g/mol. The number of ether oxygens (including phenoxy) is 1. The van der Waals surface area contributed by atoms with Crippen molar-refractivity contribution in [1.29, 1.82) is 0 Å². The second-order valence-electron chi connectivity index (χ2n) is 5.41. The normalized spacial score (nSPS) is 10.9. The SMILES string of the molecule is COc1ccc(NS(=O)(=O)c2cccc(NC(=O)c3cnccn3)c2)cc1. The third-order valence-electron chi connectivity index (χ3n) is 3.54. The van der Waals surface area contributed by atoms with Gasteiger partial charge in [-0.1, -0.05) is 6.07 Å². The van der Waals surface area contributed by atoms with Gasteiger partial charge in [-0.3, -0.25) is 14.5 Å². The molecule has 0 atom stereocenters. The lowest BCUT2D eigenvalue weighted by atomic mass is 10.3. The van der Waals surface area contributed by atoms with Crippen molar-refractivity contribution < 1.29 is 17.9 Å². The van der Waals surface area contributed by atoms with E-state index in [0.29, 0.717) is 17.1 Å². The second kappa shape index (κ2) is 7.83. The fourth-order valence-corrected chi connectivity index (χ4v) is 3.33. The van der Waals surface area contributed by atoms with Crippen molar-refractivity contribution in [2.45, 2.75) is 4.90 Å². The molecule has 0 saturated carbocycles. The van der Waals surface area contributed by atoms with Crippen LogP contribution in [0.4, 0.5) is 11.4 Å². The van der Waals surface area contributed by atoms with Crippen LogP contribution in [0, 0.1) is 0 Å². The number of amides is 1. The van der Waals surface area contributed by atoms with Gasteiger partial charge in [0.05, 0.1) is 18.2 Å². The quantitative estimate of drug-likeness (QED) is 0.676. The molecule has 1 amide bonds. The number of methoxy groups -OCH3 is 1. The van der Waals surface area contributed by atoms with Crippen LogP contribution in [0.15, 0.2) is 72.0 Å². The molecule has 0 aliphatic carbocycles. The van der Waals surface area contributed by atoms with Gasteiger partial charge in [-0.2, -0.15) is 0 Å². The summed E-state index contributed by atoms with van der Waals surface area (Å²) in [6, 6.07) is 12.4. The second-order valence-corrected chi connectivity index (χ2v) is 7.09. The van der Waals surface area contributed by atoms with Gasteiger partial charge in [0.25, 0.3) is 15.9 Å². The van der Waals surface area contributed by atoms with Gasteiger partial charge < -0.3 is 10.1 Å². The molecular weight excluding hydrogens is 368 g/mol. The van der Waals surface area contributed by atoms with Gasteiger partial charge in [-0.25, -0.2) is 13.4 Å². The van der Waals surface area contributed by atoms with Crippen molar-refractivity contribution in [1.82, 2.24) is 9.97 Å². The molecule has 3 aromatic rings. The van der Waals surface area contributed by atoms with E-state index in [1.54, 1.807) is 30.3 Å². The number of hydrogen-bond donors (Lipinski definition) is 2. The highest BCUT2D eigenvalue weighted by Gasteiger charge is 2.16. The Balaban J connectivity index is 1.78. The van der Waals surface area contributed by atoms with Gasteiger partial charge in [0, 0.05) is 23.8 Å². The summed E-state index contributed by atoms with van der Waals surface area (Å²) >= 11 is 0. The zero-order valence-corrected chi connectivity index (χ0v) is 15.1. The summed E-state index contributed by atoms with van der Waals surface area (Å²) in [5, 5.41) is 2.60. The lowest BCUT2D eigenvalue weighted by Crippen LogP contribution is -2.16. The predicted molar refractivity (Wildman–Crippen MR) is 100 cm³/mol. The standard InChI is InChI=1S/C18H16N4O4S/c1-26-15-7-5-13(6-8-15)22-27(24,25)16-4-2-3-14(11-16)21-18(23)17-12-19-9-10-20-17/h2-12,22H,1H3,(H,21,23). The largest absolute Gasteiger partial charge is 0.497 e. The van der Waals surface area contributed by atoms with Crippen molar-refractivity contribution in [3.8, 4) is 5.75 Å². The van der Waals surface area contributed by atoms with Crippen LogP contribution in [0.1, 0.15) is 10.5 Å². The summed E-state index contributed by atoms with van der Waals surface area (Å²) < 4.78 is 32.7. The van der Waals surface area contributed by atoms with Gasteiger partial charge in [0.15, 0.2) is 0 Å². The van der Waals surface area contributed by atoms with Crippen LogP contribution in [0.25, 0.3) is 0 Å². The predicted octanol–water partition coefficient (Wildman–Crippen LogP) is 2.54. The Kier molecular flexibility index (Phi) is 5.32. The summed E-state index contributed by atoms with van der Waals surface area (Å²) in [7, 11) is -2.30. The van der Waals surface area contributed by atoms with E-state index in [4.69, 9.17) is 4.74 Å². The van der Waals surface area contributed by atoms with Crippen LogP contribution in [0.3, 0.4) is 0 Å². The molecule has 0 fully saturated rings. The number of carbonyl (C=O) groups is 1. The fraction of sp³-hybridized carbons (Fsp3) is 0.0556. The molecule has 2 N–H and O–H groups in total. The number of nitrogens with one attached hydrogen (secondary N) is 2. The Bertz CT molecular complexity index is 1040. The topological polar surface area (TPSA) is 110 Å². The summed E-state index contributed by atoms with van der Waals surface area (Å²) in [4.78, 5) is 19.9. The van der Waals surface area contributed by atoms with E-state index in [0.717, 1.165) is 0 Å². The molecule has 0 saturated heterocycles. The van der Waals surface area contributed by atoms with Crippen LogP contribution >= 0.6 is 0 Å². The summed E-state index contributed by atoms with van der Waals surface area (Å²) in [6.07, 6.45) is 4.17. The molecule has 0 spiro atoms. The van der Waals surface area contributed by atoms with Crippen LogP contribution in [0.2, 0.25) is 0 Å². The van der Waals surface area contributed by atoms with Gasteiger partial charge in [0.1, 0.15) is 11.4 Å². The molecule has 0 unspecified atom stereocenters. The van der Waals surface area contributed by atoms with Crippen molar-refractivity contribution in [3.63, 3.8) is 0 Å². The molecule has 1 aromatic heterocycles. The summed E-state index contributed by atoms with van der Waals surface area (Å²) in [5.41, 5.74) is 0.843. The Labute approximate surface area is 156 Å². The first-order valence-electron chi connectivity index (χ1n) is 7.82. The van der Waals surface area contributed by atoms with Gasteiger partial charge in [-0.05, 0) is 42.5 Å². The molecule has 9 heteroatoms. The summed E-state index contributed by atoms with van der Waals surface area (Å²) in [6.45, 7) is 0. The lowest BCUT2D eigenvalue weighted by molar-refractivity contribution is 0.102. The number of hydrogen-bond acceptors (Lipinski definition) is 6. The van der Waals surface area contributed by atoms with E-state index in [-0.39, 0.29) is 10.6 Å². The van der Waals surface area contributed by atoms with Gasteiger partial charge in [-0.15, -0.1) is 0 Å². The van der Waals surface area contributed by atoms with Crippen molar-refractivity contribution >= 4 is 27.3 Å². The zero-order chi connectivity index (χ0) is 19.3. The van der Waals surface area contributed by atoms with Crippen LogP contribution in [0.5, 0.6) is 5.75 Å². The minimum atomic E-state index is -3.83. The monoisotopic (exact) mass is 384 g/mol. The molecule has 8 nitrogen and oxygen atoms in total. The first-order valence-corrected chi connectivity index (χ1v) is 9.30. The highest BCUT2D eigenvalue weighted by Crippen LogP contribution is 2.21. The highest BCUT2D eigenvalue weighted by molar-refractivity contribution is 7.92. The molecule has 0 radical (unpaired) electrons. The summed E-state index contributed by atoms with van der Waals surface area (Å²) in [5.74, 6) is 0.132. The first kappa shape index (κ1) is 18.3. The third kappa shape index (κ3) is 4.59. The average Bonchev–Trinajstić information content (AvgIpc) is 2.69. The molecular formula is C18H16N4O4S. The maximum absolute atomic E-state index is 12.6. The smallest absolute Gasteiger partial charge is 0.275 e. The lowest BCUT2D eigenvalue weighted by Gasteiger charge is -2.10. The van der Waals surface area contributed by atoms with E-state index in [1.807, 2.05) is 0 Å². The molecule has 138 valence electrons. The minimum Gasteiger partial charge on any atom is -0.497 e. The van der Waals surface area contributed by atoms with Gasteiger partial charge in [0.2, 0.25) is 0 Å². The zero-order valence-electron chi connectivity index (χ0n) is 14.3. The maximum Gasteiger partial charge on any atom is 0.275 e. The molecule has 0 aliphatic heterocycles. The van der Waals surface area contributed by atoms with Crippen molar-refractivity contribution in [2.24, 2.45) is 0 Å². The number of nitrogens with zero attached hydrogens (tertiary/aromatic N) is 2. The van der Waals surface area contributed by atoms with Crippen LogP contribution < -0.4 is 14.8 Å². The molecule has 1 heterocycles. The Morgan fingerprint density at radius 1 is 1.04 bits per heavy atom. The minimum absolute atomic E-state index is 0.00950. The van der Waals surface area contributed by atoms with Crippen LogP contribution in [-0.2, 0) is 10.0 Å². The molecule has 0 aliphatic rings. The Morgan fingerprint density at radius 3 is 2.48 bits per heavy atom. The first-order chi connectivity index (χ1) is 13.0. The van der Waals surface area contributed by atoms with E-state index in [2.05, 4.69) is 20.0 Å². The van der Waals surface area contributed by atoms with E-state index in [1.165, 1.54) is 43.9 Å². The van der Waals surface area contributed by atoms with Gasteiger partial charge >= 0.3 is 0 Å². The molecule has 3 rings (SSSR count). The van der Waals surface area contributed by atoms with Crippen LogP contribution in [-0.4, -0.2) is 31.4 Å². The number of sulfonamides is 1.